The van der Waals surface area contributed by atoms with Crippen LogP contribution in [-0.2, 0) is 9.59 Å². The SMILES string of the molecule is CCN(CC(=O)N(C)C)C(=O)C1(C)CCCN1. The molecule has 0 bridgehead atoms. The first-order chi connectivity index (χ1) is 7.90. The number of hydrogen-bond donors (Lipinski definition) is 1. The largest absolute Gasteiger partial charge is 0.347 e. The summed E-state index contributed by atoms with van der Waals surface area (Å²) in [5, 5.41) is 3.23. The third-order valence-corrected chi connectivity index (χ3v) is 3.33. The topological polar surface area (TPSA) is 52.7 Å². The van der Waals surface area contributed by atoms with Crippen molar-refractivity contribution in [1.82, 2.24) is 15.1 Å². The number of likely N-dealkylation sites (N-methyl/N-ethyl adjacent to an activating group) is 2. The molecule has 5 heteroatoms. The lowest BCUT2D eigenvalue weighted by molar-refractivity contribution is -0.142. The molecule has 1 atom stereocenters. The van der Waals surface area contributed by atoms with E-state index in [-0.39, 0.29) is 18.4 Å². The van der Waals surface area contributed by atoms with Crippen molar-refractivity contribution in [2.45, 2.75) is 32.2 Å². The van der Waals surface area contributed by atoms with Crippen LogP contribution in [0.4, 0.5) is 0 Å². The monoisotopic (exact) mass is 241 g/mol. The lowest BCUT2D eigenvalue weighted by atomic mass is 9.98. The Bertz CT molecular complexity index is 296. The van der Waals surface area contributed by atoms with E-state index < -0.39 is 5.54 Å². The molecule has 1 aliphatic rings. The number of nitrogens with zero attached hydrogens (tertiary/aromatic N) is 2. The van der Waals surface area contributed by atoms with E-state index in [0.29, 0.717) is 6.54 Å². The lowest BCUT2D eigenvalue weighted by Gasteiger charge is -2.31. The molecule has 1 N–H and O–H groups in total. The fraction of sp³-hybridized carbons (Fsp3) is 0.833. The van der Waals surface area contributed by atoms with Crippen molar-refractivity contribution in [2.75, 3.05) is 33.7 Å². The molecule has 0 aliphatic carbocycles. The molecular weight excluding hydrogens is 218 g/mol. The summed E-state index contributed by atoms with van der Waals surface area (Å²) in [6.07, 6.45) is 1.86. The van der Waals surface area contributed by atoms with Gasteiger partial charge in [-0.05, 0) is 33.2 Å². The van der Waals surface area contributed by atoms with Crippen molar-refractivity contribution in [3.63, 3.8) is 0 Å². The van der Waals surface area contributed by atoms with Gasteiger partial charge in [0.05, 0.1) is 12.1 Å². The van der Waals surface area contributed by atoms with Crippen LogP contribution < -0.4 is 5.32 Å². The highest BCUT2D eigenvalue weighted by atomic mass is 16.2. The van der Waals surface area contributed by atoms with Gasteiger partial charge >= 0.3 is 0 Å². The molecule has 1 saturated heterocycles. The Morgan fingerprint density at radius 2 is 2.00 bits per heavy atom. The minimum absolute atomic E-state index is 0.0349. The van der Waals surface area contributed by atoms with Crippen LogP contribution >= 0.6 is 0 Å². The van der Waals surface area contributed by atoms with Gasteiger partial charge in [0, 0.05) is 20.6 Å². The number of rotatable bonds is 4. The van der Waals surface area contributed by atoms with E-state index in [1.165, 1.54) is 4.90 Å². The van der Waals surface area contributed by atoms with Crippen molar-refractivity contribution >= 4 is 11.8 Å². The Morgan fingerprint density at radius 3 is 2.41 bits per heavy atom. The van der Waals surface area contributed by atoms with Crippen LogP contribution in [0, 0.1) is 0 Å². The van der Waals surface area contributed by atoms with Crippen LogP contribution in [0.1, 0.15) is 26.7 Å². The van der Waals surface area contributed by atoms with E-state index in [1.54, 1.807) is 19.0 Å². The van der Waals surface area contributed by atoms with Gasteiger partial charge in [0.1, 0.15) is 0 Å². The lowest BCUT2D eigenvalue weighted by Crippen LogP contribution is -2.54. The van der Waals surface area contributed by atoms with E-state index in [4.69, 9.17) is 0 Å². The molecule has 0 aromatic rings. The molecule has 0 saturated carbocycles. The highest BCUT2D eigenvalue weighted by molar-refractivity contribution is 5.90. The predicted molar refractivity (Wildman–Crippen MR) is 66.6 cm³/mol. The van der Waals surface area contributed by atoms with Crippen LogP contribution in [0.25, 0.3) is 0 Å². The van der Waals surface area contributed by atoms with Crippen molar-refractivity contribution in [3.05, 3.63) is 0 Å². The van der Waals surface area contributed by atoms with Crippen LogP contribution in [0.2, 0.25) is 0 Å². The molecule has 1 rings (SSSR count). The summed E-state index contributed by atoms with van der Waals surface area (Å²) in [5.74, 6) is -0.00510. The Morgan fingerprint density at radius 1 is 1.35 bits per heavy atom. The van der Waals surface area contributed by atoms with E-state index in [2.05, 4.69) is 5.32 Å². The number of carbonyl (C=O) groups is 2. The molecule has 98 valence electrons. The molecule has 1 heterocycles. The van der Waals surface area contributed by atoms with Crippen molar-refractivity contribution in [1.29, 1.82) is 0 Å². The van der Waals surface area contributed by atoms with Crippen molar-refractivity contribution in [3.8, 4) is 0 Å². The van der Waals surface area contributed by atoms with Gasteiger partial charge in [-0.25, -0.2) is 0 Å². The van der Waals surface area contributed by atoms with Gasteiger partial charge in [0.15, 0.2) is 0 Å². The zero-order valence-electron chi connectivity index (χ0n) is 11.2. The molecular formula is C12H23N3O2. The Hall–Kier alpha value is -1.10. The van der Waals surface area contributed by atoms with Crippen LogP contribution in [-0.4, -0.2) is 60.9 Å². The molecule has 0 aromatic heterocycles. The first kappa shape index (κ1) is 14.0. The normalized spacial score (nSPS) is 23.5. The van der Waals surface area contributed by atoms with Gasteiger partial charge in [0.2, 0.25) is 11.8 Å². The molecule has 1 fully saturated rings. The van der Waals surface area contributed by atoms with Gasteiger partial charge < -0.3 is 15.1 Å². The Labute approximate surface area is 103 Å². The first-order valence-corrected chi connectivity index (χ1v) is 6.15. The third-order valence-electron chi connectivity index (χ3n) is 3.33. The minimum atomic E-state index is -0.484. The second kappa shape index (κ2) is 5.49. The molecule has 0 spiro atoms. The standard InChI is InChI=1S/C12H23N3O2/c1-5-15(9-10(16)14(3)4)11(17)12(2)7-6-8-13-12/h13H,5-9H2,1-4H3. The summed E-state index contributed by atoms with van der Waals surface area (Å²) in [6, 6.07) is 0. The molecule has 5 nitrogen and oxygen atoms in total. The number of carbonyl (C=O) groups excluding carboxylic acids is 2. The van der Waals surface area contributed by atoms with Crippen molar-refractivity contribution in [2.24, 2.45) is 0 Å². The average molecular weight is 241 g/mol. The van der Waals surface area contributed by atoms with E-state index >= 15 is 0 Å². The fourth-order valence-corrected chi connectivity index (χ4v) is 2.06. The van der Waals surface area contributed by atoms with Gasteiger partial charge in [-0.3, -0.25) is 9.59 Å². The Kier molecular flexibility index (Phi) is 4.51. The molecule has 2 amide bonds. The second-order valence-corrected chi connectivity index (χ2v) is 4.97. The quantitative estimate of drug-likeness (QED) is 0.757. The summed E-state index contributed by atoms with van der Waals surface area (Å²) < 4.78 is 0. The van der Waals surface area contributed by atoms with Crippen LogP contribution in [0.5, 0.6) is 0 Å². The summed E-state index contributed by atoms with van der Waals surface area (Å²) in [5.41, 5.74) is -0.484. The van der Waals surface area contributed by atoms with Gasteiger partial charge in [-0.1, -0.05) is 0 Å². The van der Waals surface area contributed by atoms with Crippen LogP contribution in [0.3, 0.4) is 0 Å². The maximum atomic E-state index is 12.3. The Balaban J connectivity index is 2.67. The van der Waals surface area contributed by atoms with E-state index in [0.717, 1.165) is 19.4 Å². The fourth-order valence-electron chi connectivity index (χ4n) is 2.06. The maximum absolute atomic E-state index is 12.3. The maximum Gasteiger partial charge on any atom is 0.243 e. The van der Waals surface area contributed by atoms with Gasteiger partial charge in [-0.2, -0.15) is 0 Å². The predicted octanol–water partition coefficient (Wildman–Crippen LogP) is 0.0652. The highest BCUT2D eigenvalue weighted by Gasteiger charge is 2.38. The zero-order chi connectivity index (χ0) is 13.1. The summed E-state index contributed by atoms with van der Waals surface area (Å²) in [4.78, 5) is 27.1. The van der Waals surface area contributed by atoms with Gasteiger partial charge in [-0.15, -0.1) is 0 Å². The highest BCUT2D eigenvalue weighted by Crippen LogP contribution is 2.21. The van der Waals surface area contributed by atoms with Gasteiger partial charge in [0.25, 0.3) is 0 Å². The summed E-state index contributed by atoms with van der Waals surface area (Å²) in [7, 11) is 3.41. The van der Waals surface area contributed by atoms with Crippen molar-refractivity contribution < 1.29 is 9.59 Å². The second-order valence-electron chi connectivity index (χ2n) is 4.97. The average Bonchev–Trinajstić information content (AvgIpc) is 2.72. The van der Waals surface area contributed by atoms with E-state index in [9.17, 15) is 9.59 Å². The first-order valence-electron chi connectivity index (χ1n) is 6.15. The molecule has 0 radical (unpaired) electrons. The molecule has 17 heavy (non-hydrogen) atoms. The van der Waals surface area contributed by atoms with E-state index in [1.807, 2.05) is 13.8 Å². The summed E-state index contributed by atoms with van der Waals surface area (Å²) in [6.45, 7) is 5.43. The smallest absolute Gasteiger partial charge is 0.243 e. The number of nitrogens with one attached hydrogen (secondary N) is 1. The third kappa shape index (κ3) is 3.19. The zero-order valence-corrected chi connectivity index (χ0v) is 11.2. The summed E-state index contributed by atoms with van der Waals surface area (Å²) >= 11 is 0. The van der Waals surface area contributed by atoms with Crippen LogP contribution in [0.15, 0.2) is 0 Å². The molecule has 0 aromatic carbocycles. The number of amides is 2. The molecule has 1 aliphatic heterocycles. The molecule has 1 unspecified atom stereocenters. The minimum Gasteiger partial charge on any atom is -0.347 e. The number of hydrogen-bond acceptors (Lipinski definition) is 3.